The van der Waals surface area contributed by atoms with E-state index in [4.69, 9.17) is 0 Å². The van der Waals surface area contributed by atoms with Crippen molar-refractivity contribution < 1.29 is 54.2 Å². The summed E-state index contributed by atoms with van der Waals surface area (Å²) in [5, 5.41) is 21.1. The first-order chi connectivity index (χ1) is 22.7. The van der Waals surface area contributed by atoms with Gasteiger partial charge in [-0.15, -0.1) is 18.3 Å². The standard InChI is InChI=1S/C31H35F9N6O3/c1-18(2)14-45(15-19-4-6-21(7-5-19)27(47)48)26-9-8-25(49-31(38,39)40)12-22(26)17-46(28-41-43-44(3)42-28)16-20-10-23(29(32,33)34)13-24(11-20)30(35,36)37/h8-13,18-19,21H,4-7,14-17H2,1-3H3,(H,47,48). The monoisotopic (exact) mass is 710 g/mol. The minimum atomic E-state index is -5.11. The van der Waals surface area contributed by atoms with Crippen LogP contribution in [0.3, 0.4) is 0 Å². The summed E-state index contributed by atoms with van der Waals surface area (Å²) in [6, 6.07) is 4.75. The average Bonchev–Trinajstić information content (AvgIpc) is 3.41. The van der Waals surface area contributed by atoms with Crippen LogP contribution in [0.2, 0.25) is 0 Å². The highest BCUT2D eigenvalue weighted by atomic mass is 19.4. The number of rotatable bonds is 12. The summed E-state index contributed by atoms with van der Waals surface area (Å²) in [5.74, 6) is -2.03. The Morgan fingerprint density at radius 3 is 2.02 bits per heavy atom. The molecule has 0 amide bonds. The van der Waals surface area contributed by atoms with Gasteiger partial charge in [-0.1, -0.05) is 18.9 Å². The van der Waals surface area contributed by atoms with Crippen LogP contribution < -0.4 is 14.5 Å². The van der Waals surface area contributed by atoms with Crippen molar-refractivity contribution in [1.29, 1.82) is 0 Å². The third kappa shape index (κ3) is 10.6. The predicted octanol–water partition coefficient (Wildman–Crippen LogP) is 7.71. The Hall–Kier alpha value is -4.25. The number of carboxylic acids is 1. The number of aliphatic carboxylic acids is 1. The van der Waals surface area contributed by atoms with E-state index in [2.05, 4.69) is 20.1 Å². The number of hydrogen-bond donors (Lipinski definition) is 1. The third-order valence-electron chi connectivity index (χ3n) is 8.05. The molecule has 0 atom stereocenters. The van der Waals surface area contributed by atoms with Crippen molar-refractivity contribution >= 4 is 17.6 Å². The number of carbonyl (C=O) groups is 1. The molecular formula is C31H35F9N6O3. The fourth-order valence-corrected chi connectivity index (χ4v) is 5.94. The Morgan fingerprint density at radius 1 is 0.918 bits per heavy atom. The van der Waals surface area contributed by atoms with Crippen LogP contribution in [0, 0.1) is 17.8 Å². The van der Waals surface area contributed by atoms with Gasteiger partial charge in [-0.3, -0.25) is 4.79 Å². The molecule has 1 fully saturated rings. The number of halogens is 9. The van der Waals surface area contributed by atoms with Crippen LogP contribution in [0.1, 0.15) is 61.8 Å². The molecule has 1 saturated carbocycles. The van der Waals surface area contributed by atoms with Gasteiger partial charge in [-0.25, -0.2) is 0 Å². The third-order valence-corrected chi connectivity index (χ3v) is 8.05. The summed E-state index contributed by atoms with van der Waals surface area (Å²) < 4.78 is 126. The summed E-state index contributed by atoms with van der Waals surface area (Å²) in [7, 11) is 1.38. The summed E-state index contributed by atoms with van der Waals surface area (Å²) in [4.78, 5) is 15.6. The second-order valence-corrected chi connectivity index (χ2v) is 12.5. The number of benzene rings is 2. The van der Waals surface area contributed by atoms with E-state index in [1.165, 1.54) is 18.0 Å². The van der Waals surface area contributed by atoms with Crippen LogP contribution >= 0.6 is 0 Å². The minimum Gasteiger partial charge on any atom is -0.481 e. The van der Waals surface area contributed by atoms with E-state index < -0.39 is 59.6 Å². The van der Waals surface area contributed by atoms with Crippen molar-refractivity contribution in [3.05, 3.63) is 58.7 Å². The van der Waals surface area contributed by atoms with Crippen molar-refractivity contribution in [2.24, 2.45) is 24.8 Å². The van der Waals surface area contributed by atoms with Gasteiger partial charge in [-0.2, -0.15) is 31.1 Å². The molecular weight excluding hydrogens is 675 g/mol. The number of aryl methyl sites for hydroxylation is 1. The highest BCUT2D eigenvalue weighted by Crippen LogP contribution is 2.38. The van der Waals surface area contributed by atoms with Crippen molar-refractivity contribution in [3.8, 4) is 5.75 Å². The van der Waals surface area contributed by atoms with E-state index in [1.807, 2.05) is 18.7 Å². The number of aromatic nitrogens is 4. The second kappa shape index (κ2) is 14.7. The molecule has 0 unspecified atom stereocenters. The first kappa shape index (κ1) is 37.6. The molecule has 1 aromatic heterocycles. The largest absolute Gasteiger partial charge is 0.573 e. The summed E-state index contributed by atoms with van der Waals surface area (Å²) in [6.07, 6.45) is -13.2. The molecule has 49 heavy (non-hydrogen) atoms. The van der Waals surface area contributed by atoms with Crippen molar-refractivity contribution in [3.63, 3.8) is 0 Å². The van der Waals surface area contributed by atoms with Crippen LogP contribution in [-0.2, 0) is 37.3 Å². The van der Waals surface area contributed by atoms with Gasteiger partial charge in [0.1, 0.15) is 5.75 Å². The number of hydrogen-bond acceptors (Lipinski definition) is 7. The SMILES string of the molecule is CC(C)CN(CC1CCC(C(=O)O)CC1)c1ccc(OC(F)(F)F)cc1CN(Cc1cc(C(F)(F)F)cc(C(F)(F)F)c1)c1nnn(C)n1. The topological polar surface area (TPSA) is 96.6 Å². The maximum Gasteiger partial charge on any atom is 0.573 e. The maximum absolute atomic E-state index is 13.7. The normalized spacial score (nSPS) is 17.3. The lowest BCUT2D eigenvalue weighted by Gasteiger charge is -2.35. The molecule has 0 bridgehead atoms. The predicted molar refractivity (Wildman–Crippen MR) is 158 cm³/mol. The molecule has 1 heterocycles. The van der Waals surface area contributed by atoms with Gasteiger partial charge in [0.05, 0.1) is 24.1 Å². The zero-order chi connectivity index (χ0) is 36.3. The van der Waals surface area contributed by atoms with Crippen LogP contribution in [-0.4, -0.2) is 50.7 Å². The maximum atomic E-state index is 13.7. The molecule has 0 aliphatic heterocycles. The molecule has 1 aliphatic rings. The zero-order valence-corrected chi connectivity index (χ0v) is 26.7. The van der Waals surface area contributed by atoms with E-state index in [-0.39, 0.29) is 36.0 Å². The van der Waals surface area contributed by atoms with Gasteiger partial charge in [0.2, 0.25) is 0 Å². The lowest BCUT2D eigenvalue weighted by Crippen LogP contribution is -2.36. The molecule has 4 rings (SSSR count). The second-order valence-electron chi connectivity index (χ2n) is 12.5. The number of ether oxygens (including phenoxy) is 1. The fraction of sp³-hybridized carbons (Fsp3) is 0.548. The molecule has 18 heteroatoms. The van der Waals surface area contributed by atoms with E-state index in [0.717, 1.165) is 16.9 Å². The van der Waals surface area contributed by atoms with Crippen LogP contribution in [0.25, 0.3) is 0 Å². The number of anilines is 2. The van der Waals surface area contributed by atoms with Crippen molar-refractivity contribution in [1.82, 2.24) is 20.2 Å². The van der Waals surface area contributed by atoms with Crippen molar-refractivity contribution in [2.75, 3.05) is 22.9 Å². The van der Waals surface area contributed by atoms with Gasteiger partial charge in [0.15, 0.2) is 0 Å². The van der Waals surface area contributed by atoms with Crippen LogP contribution in [0.15, 0.2) is 36.4 Å². The van der Waals surface area contributed by atoms with Gasteiger partial charge in [0, 0.05) is 31.9 Å². The number of tetrazole rings is 1. The number of nitrogens with zero attached hydrogens (tertiary/aromatic N) is 6. The zero-order valence-electron chi connectivity index (χ0n) is 26.7. The number of carboxylic acid groups (broad SMARTS) is 1. The number of alkyl halides is 9. The summed E-state index contributed by atoms with van der Waals surface area (Å²) >= 11 is 0. The highest BCUT2D eigenvalue weighted by molar-refractivity contribution is 5.70. The van der Waals surface area contributed by atoms with E-state index >= 15 is 0 Å². The summed E-state index contributed by atoms with van der Waals surface area (Å²) in [5.41, 5.74) is -2.85. The van der Waals surface area contributed by atoms with Crippen molar-refractivity contribution in [2.45, 2.75) is 71.3 Å². The Kier molecular flexibility index (Phi) is 11.3. The molecule has 3 aromatic rings. The molecule has 0 radical (unpaired) electrons. The molecule has 270 valence electrons. The van der Waals surface area contributed by atoms with Gasteiger partial charge in [-0.05, 0) is 90.3 Å². The smallest absolute Gasteiger partial charge is 0.481 e. The molecule has 0 spiro atoms. The molecule has 2 aromatic carbocycles. The summed E-state index contributed by atoms with van der Waals surface area (Å²) in [6.45, 7) is 3.73. The Labute approximate surface area is 275 Å². The molecule has 1 aliphatic carbocycles. The van der Waals surface area contributed by atoms with E-state index in [0.29, 0.717) is 56.6 Å². The van der Waals surface area contributed by atoms with Crippen LogP contribution in [0.5, 0.6) is 5.75 Å². The van der Waals surface area contributed by atoms with E-state index in [1.54, 1.807) is 0 Å². The van der Waals surface area contributed by atoms with Gasteiger partial charge >= 0.3 is 24.7 Å². The lowest BCUT2D eigenvalue weighted by molar-refractivity contribution is -0.274. The lowest BCUT2D eigenvalue weighted by atomic mass is 9.81. The van der Waals surface area contributed by atoms with Crippen LogP contribution in [0.4, 0.5) is 51.1 Å². The van der Waals surface area contributed by atoms with Gasteiger partial charge < -0.3 is 19.6 Å². The molecule has 1 N–H and O–H groups in total. The first-order valence-corrected chi connectivity index (χ1v) is 15.3. The Morgan fingerprint density at radius 2 is 1.53 bits per heavy atom. The Bertz CT molecular complexity index is 1550. The fourth-order valence-electron chi connectivity index (χ4n) is 5.94. The average molecular weight is 711 g/mol. The van der Waals surface area contributed by atoms with Gasteiger partial charge in [0.25, 0.3) is 5.95 Å². The highest BCUT2D eigenvalue weighted by Gasteiger charge is 2.37. The molecule has 9 nitrogen and oxygen atoms in total. The minimum absolute atomic E-state index is 0.00180. The van der Waals surface area contributed by atoms with E-state index in [9.17, 15) is 49.4 Å². The Balaban J connectivity index is 1.78. The quantitative estimate of drug-likeness (QED) is 0.191. The first-order valence-electron chi connectivity index (χ1n) is 15.3. The molecule has 0 saturated heterocycles.